The number of nitrogens with one attached hydrogen (secondary N) is 1. The lowest BCUT2D eigenvalue weighted by atomic mass is 10.0. The lowest BCUT2D eigenvalue weighted by Crippen LogP contribution is -2.12. The molecule has 0 radical (unpaired) electrons. The molecule has 0 bridgehead atoms. The monoisotopic (exact) mass is 435 g/mol. The number of ether oxygens (including phenoxy) is 1. The van der Waals surface area contributed by atoms with Crippen LogP contribution in [0.5, 0.6) is 5.75 Å². The van der Waals surface area contributed by atoms with E-state index >= 15 is 0 Å². The molecule has 2 heterocycles. The summed E-state index contributed by atoms with van der Waals surface area (Å²) < 4.78 is 5.14. The van der Waals surface area contributed by atoms with Gasteiger partial charge in [-0.1, -0.05) is 12.1 Å². The van der Waals surface area contributed by atoms with E-state index in [1.807, 2.05) is 23.6 Å². The van der Waals surface area contributed by atoms with Crippen LogP contribution in [0.3, 0.4) is 0 Å². The fraction of sp³-hybridized carbons (Fsp3) is 0.143. The summed E-state index contributed by atoms with van der Waals surface area (Å²) >= 11 is 2.68. The number of thiophene rings is 1. The number of amides is 1. The SMILES string of the molecule is COc1cccc(NC(=O)CCSc2nc(N)c(C#N)c(-c3cccs3)c2C#N)c1. The molecule has 0 saturated heterocycles. The number of nitrogens with zero attached hydrogens (tertiary/aromatic N) is 3. The highest BCUT2D eigenvalue weighted by Gasteiger charge is 2.21. The predicted octanol–water partition coefficient (Wildman–Crippen LogP) is 4.27. The third-order valence-electron chi connectivity index (χ3n) is 4.10. The second-order valence-corrected chi connectivity index (χ2v) is 8.04. The van der Waals surface area contributed by atoms with Gasteiger partial charge in [0.05, 0.1) is 12.7 Å². The number of nitrogen functional groups attached to an aromatic ring is 1. The summed E-state index contributed by atoms with van der Waals surface area (Å²) in [7, 11) is 1.56. The number of anilines is 2. The normalized spacial score (nSPS) is 10.1. The Morgan fingerprint density at radius 3 is 2.73 bits per heavy atom. The second-order valence-electron chi connectivity index (χ2n) is 6.01. The quantitative estimate of drug-likeness (QED) is 0.531. The summed E-state index contributed by atoms with van der Waals surface area (Å²) in [6.45, 7) is 0. The smallest absolute Gasteiger partial charge is 0.225 e. The molecule has 9 heteroatoms. The van der Waals surface area contributed by atoms with E-state index in [0.29, 0.717) is 33.3 Å². The van der Waals surface area contributed by atoms with Crippen molar-refractivity contribution in [1.82, 2.24) is 4.98 Å². The molecule has 150 valence electrons. The Bertz CT molecular complexity index is 1150. The van der Waals surface area contributed by atoms with Crippen molar-refractivity contribution in [3.8, 4) is 28.3 Å². The van der Waals surface area contributed by atoms with Crippen molar-refractivity contribution in [2.24, 2.45) is 0 Å². The zero-order chi connectivity index (χ0) is 21.5. The van der Waals surface area contributed by atoms with Crippen molar-refractivity contribution < 1.29 is 9.53 Å². The van der Waals surface area contributed by atoms with E-state index in [2.05, 4.69) is 16.4 Å². The summed E-state index contributed by atoms with van der Waals surface area (Å²) in [5.41, 5.74) is 7.60. The molecule has 0 aliphatic rings. The highest BCUT2D eigenvalue weighted by atomic mass is 32.2. The summed E-state index contributed by atoms with van der Waals surface area (Å²) in [6, 6.07) is 15.0. The van der Waals surface area contributed by atoms with Crippen LogP contribution < -0.4 is 15.8 Å². The van der Waals surface area contributed by atoms with Gasteiger partial charge in [-0.3, -0.25) is 4.79 Å². The first kappa shape index (κ1) is 21.2. The molecule has 0 aliphatic carbocycles. The van der Waals surface area contributed by atoms with Crippen LogP contribution in [0.4, 0.5) is 11.5 Å². The predicted molar refractivity (Wildman–Crippen MR) is 118 cm³/mol. The first-order chi connectivity index (χ1) is 14.6. The number of carbonyl (C=O) groups excluding carboxylic acids is 1. The zero-order valence-electron chi connectivity index (χ0n) is 16.0. The van der Waals surface area contributed by atoms with Crippen LogP contribution in [0.15, 0.2) is 46.8 Å². The van der Waals surface area contributed by atoms with E-state index in [9.17, 15) is 15.3 Å². The fourth-order valence-corrected chi connectivity index (χ4v) is 4.45. The number of thioether (sulfide) groups is 1. The largest absolute Gasteiger partial charge is 0.497 e. The third kappa shape index (κ3) is 4.71. The highest BCUT2D eigenvalue weighted by molar-refractivity contribution is 7.99. The molecule has 3 aromatic rings. The number of aromatic nitrogens is 1. The van der Waals surface area contributed by atoms with Crippen molar-refractivity contribution in [3.05, 3.63) is 52.9 Å². The minimum Gasteiger partial charge on any atom is -0.497 e. The number of nitriles is 2. The first-order valence-electron chi connectivity index (χ1n) is 8.81. The number of nitrogens with two attached hydrogens (primary N) is 1. The second kappa shape index (κ2) is 9.79. The van der Waals surface area contributed by atoms with Gasteiger partial charge in [0.15, 0.2) is 0 Å². The van der Waals surface area contributed by atoms with Crippen molar-refractivity contribution in [1.29, 1.82) is 10.5 Å². The molecular formula is C21H17N5O2S2. The van der Waals surface area contributed by atoms with Crippen LogP contribution >= 0.6 is 23.1 Å². The molecule has 3 N–H and O–H groups in total. The fourth-order valence-electron chi connectivity index (χ4n) is 2.73. The zero-order valence-corrected chi connectivity index (χ0v) is 17.6. The van der Waals surface area contributed by atoms with Crippen molar-refractivity contribution in [3.63, 3.8) is 0 Å². The van der Waals surface area contributed by atoms with E-state index in [0.717, 1.165) is 4.88 Å². The summed E-state index contributed by atoms with van der Waals surface area (Å²) in [5, 5.41) is 24.3. The van der Waals surface area contributed by atoms with Gasteiger partial charge in [-0.15, -0.1) is 23.1 Å². The Labute approximate surface area is 182 Å². The molecule has 1 amide bonds. The van der Waals surface area contributed by atoms with E-state index < -0.39 is 0 Å². The van der Waals surface area contributed by atoms with Gasteiger partial charge in [0, 0.05) is 34.4 Å². The van der Waals surface area contributed by atoms with E-state index in [1.54, 1.807) is 31.4 Å². The average molecular weight is 436 g/mol. The third-order valence-corrected chi connectivity index (χ3v) is 5.97. The first-order valence-corrected chi connectivity index (χ1v) is 10.7. The number of carbonyl (C=O) groups is 1. The molecule has 7 nitrogen and oxygen atoms in total. The number of methoxy groups -OCH3 is 1. The van der Waals surface area contributed by atoms with Gasteiger partial charge in [0.25, 0.3) is 0 Å². The van der Waals surface area contributed by atoms with Crippen LogP contribution in [0.2, 0.25) is 0 Å². The van der Waals surface area contributed by atoms with Crippen molar-refractivity contribution in [2.45, 2.75) is 11.4 Å². The molecule has 0 fully saturated rings. The molecule has 3 rings (SSSR count). The van der Waals surface area contributed by atoms with Gasteiger partial charge < -0.3 is 15.8 Å². The number of hydrogen-bond acceptors (Lipinski definition) is 8. The van der Waals surface area contributed by atoms with Gasteiger partial charge >= 0.3 is 0 Å². The summed E-state index contributed by atoms with van der Waals surface area (Å²) in [5.74, 6) is 0.948. The maximum atomic E-state index is 12.3. The van der Waals surface area contributed by atoms with Gasteiger partial charge in [0.2, 0.25) is 5.91 Å². The Hall–Kier alpha value is -3.53. The van der Waals surface area contributed by atoms with Crippen molar-refractivity contribution in [2.75, 3.05) is 23.9 Å². The number of benzene rings is 1. The Balaban J connectivity index is 1.75. The number of pyridine rings is 1. The highest BCUT2D eigenvalue weighted by Crippen LogP contribution is 2.37. The van der Waals surface area contributed by atoms with E-state index in [1.165, 1.54) is 23.1 Å². The topological polar surface area (TPSA) is 125 Å². The Morgan fingerprint density at radius 2 is 2.07 bits per heavy atom. The molecular weight excluding hydrogens is 418 g/mol. The van der Waals surface area contributed by atoms with Crippen LogP contribution in [0.1, 0.15) is 17.5 Å². The molecule has 1 aromatic carbocycles. The molecule has 0 atom stereocenters. The molecule has 0 saturated carbocycles. The van der Waals surface area contributed by atoms with E-state index in [-0.39, 0.29) is 23.7 Å². The molecule has 2 aromatic heterocycles. The Morgan fingerprint density at radius 1 is 1.27 bits per heavy atom. The molecule has 0 spiro atoms. The molecule has 30 heavy (non-hydrogen) atoms. The van der Waals surface area contributed by atoms with Gasteiger partial charge in [-0.05, 0) is 23.6 Å². The summed E-state index contributed by atoms with van der Waals surface area (Å²) in [6.07, 6.45) is 0.211. The Kier molecular flexibility index (Phi) is 6.91. The van der Waals surface area contributed by atoms with E-state index in [4.69, 9.17) is 10.5 Å². The summed E-state index contributed by atoms with van der Waals surface area (Å²) in [4.78, 5) is 17.3. The lowest BCUT2D eigenvalue weighted by Gasteiger charge is -2.11. The van der Waals surface area contributed by atoms with Gasteiger partial charge in [-0.2, -0.15) is 10.5 Å². The van der Waals surface area contributed by atoms with Crippen molar-refractivity contribution >= 4 is 40.5 Å². The maximum absolute atomic E-state index is 12.3. The lowest BCUT2D eigenvalue weighted by molar-refractivity contribution is -0.115. The number of hydrogen-bond donors (Lipinski definition) is 2. The molecule has 0 unspecified atom stereocenters. The molecule has 0 aliphatic heterocycles. The van der Waals surface area contributed by atoms with Crippen LogP contribution in [-0.2, 0) is 4.79 Å². The average Bonchev–Trinajstić information content (AvgIpc) is 3.28. The standard InChI is InChI=1S/C21H17N5O2S2/c1-28-14-5-2-4-13(10-14)25-18(27)7-9-30-21-16(12-23)19(17-6-3-8-29-17)15(11-22)20(24)26-21/h2-6,8,10H,7,9H2,1H3,(H2,24,26)(H,25,27). The van der Waals surface area contributed by atoms with Crippen LogP contribution in [-0.4, -0.2) is 23.8 Å². The van der Waals surface area contributed by atoms with Crippen LogP contribution in [0.25, 0.3) is 10.4 Å². The van der Waals surface area contributed by atoms with Crippen LogP contribution in [0, 0.1) is 22.7 Å². The minimum atomic E-state index is -0.172. The minimum absolute atomic E-state index is 0.0724. The van der Waals surface area contributed by atoms with Gasteiger partial charge in [-0.25, -0.2) is 4.98 Å². The number of rotatable bonds is 7. The maximum Gasteiger partial charge on any atom is 0.225 e. The van der Waals surface area contributed by atoms with Gasteiger partial charge in [0.1, 0.15) is 34.3 Å².